The minimum Gasteiger partial charge on any atom is -0.489 e. The van der Waals surface area contributed by atoms with E-state index in [1.807, 2.05) is 12.1 Å². The Bertz CT molecular complexity index is 958. The molecule has 1 aromatic heterocycles. The molecule has 1 N–H and O–H groups in total. The molecule has 1 heterocycles. The number of halogens is 3. The number of alkyl halides is 3. The van der Waals surface area contributed by atoms with Crippen LogP contribution >= 0.6 is 0 Å². The van der Waals surface area contributed by atoms with Crippen LogP contribution in [0.1, 0.15) is 40.0 Å². The van der Waals surface area contributed by atoms with E-state index in [-0.39, 0.29) is 5.91 Å². The Hall–Kier alpha value is -3.35. The van der Waals surface area contributed by atoms with Gasteiger partial charge in [-0.3, -0.25) is 9.78 Å². The van der Waals surface area contributed by atoms with Crippen molar-refractivity contribution in [2.75, 3.05) is 0 Å². The number of nitrogens with zero attached hydrogens (tertiary/aromatic N) is 1. The smallest absolute Gasteiger partial charge is 0.416 e. The normalized spacial score (nSPS) is 12.3. The van der Waals surface area contributed by atoms with Gasteiger partial charge in [-0.2, -0.15) is 13.2 Å². The Morgan fingerprint density at radius 1 is 1.10 bits per heavy atom. The van der Waals surface area contributed by atoms with Gasteiger partial charge in [0.1, 0.15) is 12.4 Å². The molecule has 0 aliphatic heterocycles. The first kappa shape index (κ1) is 20.4. The molecule has 0 bridgehead atoms. The molecule has 3 rings (SSSR count). The zero-order chi connectivity index (χ0) is 20.9. The summed E-state index contributed by atoms with van der Waals surface area (Å²) in [5.41, 5.74) is 1.15. The van der Waals surface area contributed by atoms with Crippen molar-refractivity contribution in [3.63, 3.8) is 0 Å². The van der Waals surface area contributed by atoms with E-state index in [4.69, 9.17) is 4.74 Å². The van der Waals surface area contributed by atoms with Crippen LogP contribution in [0.15, 0.2) is 73.1 Å². The number of pyridine rings is 1. The van der Waals surface area contributed by atoms with Gasteiger partial charge in [-0.25, -0.2) is 0 Å². The second-order valence-electron chi connectivity index (χ2n) is 6.49. The van der Waals surface area contributed by atoms with Crippen molar-refractivity contribution in [2.24, 2.45) is 0 Å². The molecule has 0 saturated carbocycles. The molecular formula is C22H19F3N2O2. The number of aromatic nitrogens is 1. The molecule has 0 spiro atoms. The summed E-state index contributed by atoms with van der Waals surface area (Å²) in [5.74, 6) is 0.188. The molecule has 1 unspecified atom stereocenters. The van der Waals surface area contributed by atoms with Crippen LogP contribution < -0.4 is 10.1 Å². The molecule has 1 atom stereocenters. The van der Waals surface area contributed by atoms with E-state index >= 15 is 0 Å². The number of ether oxygens (including phenoxy) is 1. The van der Waals surface area contributed by atoms with Crippen molar-refractivity contribution in [1.82, 2.24) is 10.3 Å². The van der Waals surface area contributed by atoms with E-state index < -0.39 is 17.8 Å². The van der Waals surface area contributed by atoms with Crippen molar-refractivity contribution in [1.29, 1.82) is 0 Å². The second kappa shape index (κ2) is 8.77. The van der Waals surface area contributed by atoms with Gasteiger partial charge < -0.3 is 10.1 Å². The number of hydrogen-bond acceptors (Lipinski definition) is 3. The molecule has 0 fully saturated rings. The van der Waals surface area contributed by atoms with Gasteiger partial charge in [0.15, 0.2) is 0 Å². The minimum absolute atomic E-state index is 0.320. The summed E-state index contributed by atoms with van der Waals surface area (Å²) < 4.78 is 43.7. The van der Waals surface area contributed by atoms with Gasteiger partial charge in [0.05, 0.1) is 11.6 Å². The number of carbonyl (C=O) groups is 1. The average Bonchev–Trinajstić information content (AvgIpc) is 2.72. The lowest BCUT2D eigenvalue weighted by Crippen LogP contribution is -2.26. The highest BCUT2D eigenvalue weighted by atomic mass is 19.4. The Morgan fingerprint density at radius 3 is 2.52 bits per heavy atom. The molecule has 150 valence electrons. The third-order valence-corrected chi connectivity index (χ3v) is 4.31. The summed E-state index contributed by atoms with van der Waals surface area (Å²) in [6.45, 7) is 2.03. The van der Waals surface area contributed by atoms with Gasteiger partial charge in [0.25, 0.3) is 5.91 Å². The Balaban J connectivity index is 1.62. The highest BCUT2D eigenvalue weighted by molar-refractivity contribution is 5.94. The van der Waals surface area contributed by atoms with Gasteiger partial charge in [-0.05, 0) is 48.9 Å². The largest absolute Gasteiger partial charge is 0.489 e. The van der Waals surface area contributed by atoms with Crippen molar-refractivity contribution in [3.05, 3.63) is 95.3 Å². The fourth-order valence-electron chi connectivity index (χ4n) is 2.70. The maximum absolute atomic E-state index is 12.7. The van der Waals surface area contributed by atoms with E-state index in [2.05, 4.69) is 10.3 Å². The number of benzene rings is 2. The fourth-order valence-corrected chi connectivity index (χ4v) is 2.70. The van der Waals surface area contributed by atoms with Crippen LogP contribution in [-0.4, -0.2) is 10.9 Å². The monoisotopic (exact) mass is 400 g/mol. The first-order chi connectivity index (χ1) is 13.8. The van der Waals surface area contributed by atoms with Crippen LogP contribution in [0.5, 0.6) is 5.75 Å². The third-order valence-electron chi connectivity index (χ3n) is 4.31. The average molecular weight is 400 g/mol. The molecule has 2 aromatic carbocycles. The van der Waals surface area contributed by atoms with E-state index in [9.17, 15) is 18.0 Å². The Labute approximate surface area is 166 Å². The summed E-state index contributed by atoms with van der Waals surface area (Å²) >= 11 is 0. The van der Waals surface area contributed by atoms with Crippen LogP contribution in [-0.2, 0) is 12.8 Å². The van der Waals surface area contributed by atoms with E-state index in [1.54, 1.807) is 43.6 Å². The molecule has 0 saturated heterocycles. The molecule has 0 aliphatic carbocycles. The molecule has 0 aliphatic rings. The highest BCUT2D eigenvalue weighted by Gasteiger charge is 2.30. The lowest BCUT2D eigenvalue weighted by Gasteiger charge is -2.16. The number of rotatable bonds is 6. The van der Waals surface area contributed by atoms with Crippen molar-refractivity contribution < 1.29 is 22.7 Å². The van der Waals surface area contributed by atoms with Crippen LogP contribution in [0.25, 0.3) is 0 Å². The zero-order valence-corrected chi connectivity index (χ0v) is 15.6. The topological polar surface area (TPSA) is 51.2 Å². The van der Waals surface area contributed by atoms with Gasteiger partial charge in [0.2, 0.25) is 0 Å². The Kier molecular flexibility index (Phi) is 6.16. The predicted octanol–water partition coefficient (Wildman–Crippen LogP) is 5.17. The lowest BCUT2D eigenvalue weighted by atomic mass is 10.1. The summed E-state index contributed by atoms with van der Waals surface area (Å²) in [6.07, 6.45) is -1.02. The molecule has 7 heteroatoms. The SMILES string of the molecule is CC(NC(=O)c1cccc(OCc2cccnc2)c1)c1ccc(C(F)(F)F)cc1. The molecule has 3 aromatic rings. The fraction of sp³-hybridized carbons (Fsp3) is 0.182. The van der Waals surface area contributed by atoms with Gasteiger partial charge >= 0.3 is 6.18 Å². The van der Waals surface area contributed by atoms with Crippen molar-refractivity contribution in [2.45, 2.75) is 25.7 Å². The van der Waals surface area contributed by atoms with Crippen LogP contribution in [0.4, 0.5) is 13.2 Å². The molecule has 4 nitrogen and oxygen atoms in total. The van der Waals surface area contributed by atoms with Gasteiger partial charge in [-0.15, -0.1) is 0 Å². The number of hydrogen-bond donors (Lipinski definition) is 1. The maximum atomic E-state index is 12.7. The van der Waals surface area contributed by atoms with E-state index in [0.29, 0.717) is 23.5 Å². The number of amides is 1. The first-order valence-electron chi connectivity index (χ1n) is 8.93. The van der Waals surface area contributed by atoms with Crippen LogP contribution in [0.3, 0.4) is 0 Å². The summed E-state index contributed by atoms with van der Waals surface area (Å²) in [4.78, 5) is 16.5. The highest BCUT2D eigenvalue weighted by Crippen LogP contribution is 2.30. The second-order valence-corrected chi connectivity index (χ2v) is 6.49. The molecule has 0 radical (unpaired) electrons. The van der Waals surface area contributed by atoms with Gasteiger partial charge in [-0.1, -0.05) is 24.3 Å². The number of carbonyl (C=O) groups excluding carboxylic acids is 1. The standard InChI is InChI=1S/C22H19F3N2O2/c1-15(17-7-9-19(10-8-17)22(23,24)25)27-21(28)18-5-2-6-20(12-18)29-14-16-4-3-11-26-13-16/h2-13,15H,14H2,1H3,(H,27,28). The predicted molar refractivity (Wildman–Crippen MR) is 102 cm³/mol. The molecule has 29 heavy (non-hydrogen) atoms. The maximum Gasteiger partial charge on any atom is 0.416 e. The Morgan fingerprint density at radius 2 is 1.86 bits per heavy atom. The van der Waals surface area contributed by atoms with Crippen LogP contribution in [0, 0.1) is 0 Å². The molecular weight excluding hydrogens is 381 g/mol. The minimum atomic E-state index is -4.39. The summed E-state index contributed by atoms with van der Waals surface area (Å²) in [7, 11) is 0. The quantitative estimate of drug-likeness (QED) is 0.621. The van der Waals surface area contributed by atoms with Crippen molar-refractivity contribution in [3.8, 4) is 5.75 Å². The summed E-state index contributed by atoms with van der Waals surface area (Å²) in [5, 5.41) is 2.79. The van der Waals surface area contributed by atoms with Gasteiger partial charge in [0, 0.05) is 23.5 Å². The van der Waals surface area contributed by atoms with Crippen molar-refractivity contribution >= 4 is 5.91 Å². The lowest BCUT2D eigenvalue weighted by molar-refractivity contribution is -0.137. The van der Waals surface area contributed by atoms with Crippen LogP contribution in [0.2, 0.25) is 0 Å². The molecule has 1 amide bonds. The summed E-state index contributed by atoms with van der Waals surface area (Å²) in [6, 6.07) is 14.7. The van der Waals surface area contributed by atoms with E-state index in [1.165, 1.54) is 12.1 Å². The number of nitrogens with one attached hydrogen (secondary N) is 1. The van der Waals surface area contributed by atoms with E-state index in [0.717, 1.165) is 17.7 Å². The third kappa shape index (κ3) is 5.57. The first-order valence-corrected chi connectivity index (χ1v) is 8.93. The zero-order valence-electron chi connectivity index (χ0n) is 15.6.